The van der Waals surface area contributed by atoms with E-state index in [1.807, 2.05) is 24.3 Å². The molecule has 1 fully saturated rings. The van der Waals surface area contributed by atoms with Crippen LogP contribution in [0.3, 0.4) is 0 Å². The number of nitrogens with zero attached hydrogens (tertiary/aromatic N) is 4. The van der Waals surface area contributed by atoms with Gasteiger partial charge < -0.3 is 15.0 Å². The van der Waals surface area contributed by atoms with Gasteiger partial charge in [0.25, 0.3) is 0 Å². The summed E-state index contributed by atoms with van der Waals surface area (Å²) in [6.45, 7) is 5.06. The molecule has 1 N–H and O–H groups in total. The van der Waals surface area contributed by atoms with Crippen molar-refractivity contribution in [2.45, 2.75) is 12.8 Å². The number of halogens is 1. The monoisotopic (exact) mass is 469 g/mol. The second kappa shape index (κ2) is 11.2. The molecule has 4 rings (SSSR count). The molecular formula is C24H28FN5O2S. The van der Waals surface area contributed by atoms with Crippen molar-refractivity contribution >= 4 is 22.6 Å². The fraction of sp³-hybridized carbons (Fsp3) is 0.375. The molecule has 0 bridgehead atoms. The Labute approximate surface area is 197 Å². The summed E-state index contributed by atoms with van der Waals surface area (Å²) in [5.74, 6) is 1.35. The highest BCUT2D eigenvalue weighted by Gasteiger charge is 2.20. The van der Waals surface area contributed by atoms with E-state index in [1.165, 1.54) is 23.7 Å². The smallest absolute Gasteiger partial charge is 0.224 e. The molecule has 2 aromatic carbocycles. The van der Waals surface area contributed by atoms with Crippen LogP contribution < -0.4 is 15.0 Å². The number of carbonyl (C=O) groups excluding carboxylic acids is 1. The van der Waals surface area contributed by atoms with Crippen molar-refractivity contribution in [2.24, 2.45) is 0 Å². The van der Waals surface area contributed by atoms with Crippen LogP contribution in [0.5, 0.6) is 5.75 Å². The average Bonchev–Trinajstić information content (AvgIpc) is 3.30. The zero-order valence-electron chi connectivity index (χ0n) is 18.7. The number of amides is 1. The summed E-state index contributed by atoms with van der Waals surface area (Å²) < 4.78 is 22.7. The van der Waals surface area contributed by atoms with E-state index in [2.05, 4.69) is 24.5 Å². The third-order valence-electron chi connectivity index (χ3n) is 5.65. The Hall–Kier alpha value is -3.04. The number of hydrogen-bond donors (Lipinski definition) is 1. The van der Waals surface area contributed by atoms with Crippen LogP contribution in [0, 0.1) is 5.82 Å². The molecule has 0 radical (unpaired) electrons. The summed E-state index contributed by atoms with van der Waals surface area (Å²) in [6.07, 6.45) is 0.974. The number of ether oxygens (including phenoxy) is 1. The van der Waals surface area contributed by atoms with Gasteiger partial charge in [-0.1, -0.05) is 24.3 Å². The molecule has 0 spiro atoms. The lowest BCUT2D eigenvalue weighted by atomic mass is 10.1. The van der Waals surface area contributed by atoms with Gasteiger partial charge in [-0.15, -0.1) is 0 Å². The quantitative estimate of drug-likeness (QED) is 0.520. The number of anilines is 1. The van der Waals surface area contributed by atoms with Gasteiger partial charge in [-0.2, -0.15) is 4.37 Å². The molecule has 2 heterocycles. The predicted molar refractivity (Wildman–Crippen MR) is 127 cm³/mol. The van der Waals surface area contributed by atoms with Crippen molar-refractivity contribution in [3.63, 3.8) is 0 Å². The molecule has 1 amide bonds. The molecular weight excluding hydrogens is 441 g/mol. The van der Waals surface area contributed by atoms with Crippen molar-refractivity contribution in [1.29, 1.82) is 0 Å². The standard InChI is InChI=1S/C24H28FN5O2S/c1-32-21-8-4-19(5-9-21)17-23(31)26-10-11-29-12-14-30(15-13-29)24-27-22(28-33-24)16-18-2-6-20(25)7-3-18/h2-9H,10-17H2,1H3,(H,26,31). The molecule has 1 aliphatic heterocycles. The number of methoxy groups -OCH3 is 1. The summed E-state index contributed by atoms with van der Waals surface area (Å²) in [5.41, 5.74) is 1.97. The molecule has 33 heavy (non-hydrogen) atoms. The van der Waals surface area contributed by atoms with Crippen LogP contribution in [-0.4, -0.2) is 66.5 Å². The van der Waals surface area contributed by atoms with Gasteiger partial charge in [-0.25, -0.2) is 9.37 Å². The van der Waals surface area contributed by atoms with Crippen LogP contribution in [0.25, 0.3) is 0 Å². The Morgan fingerprint density at radius 2 is 1.76 bits per heavy atom. The average molecular weight is 470 g/mol. The van der Waals surface area contributed by atoms with E-state index in [4.69, 9.17) is 4.74 Å². The molecule has 7 nitrogen and oxygen atoms in total. The highest BCUT2D eigenvalue weighted by atomic mass is 32.1. The highest BCUT2D eigenvalue weighted by molar-refractivity contribution is 7.09. The maximum Gasteiger partial charge on any atom is 0.224 e. The van der Waals surface area contributed by atoms with Gasteiger partial charge in [0, 0.05) is 57.2 Å². The van der Waals surface area contributed by atoms with Gasteiger partial charge in [0.2, 0.25) is 11.0 Å². The first-order chi connectivity index (χ1) is 16.1. The summed E-state index contributed by atoms with van der Waals surface area (Å²) in [5, 5.41) is 3.94. The second-order valence-electron chi connectivity index (χ2n) is 8.00. The molecule has 174 valence electrons. The number of rotatable bonds is 9. The van der Waals surface area contributed by atoms with Gasteiger partial charge in [-0.3, -0.25) is 9.69 Å². The first-order valence-electron chi connectivity index (χ1n) is 11.0. The van der Waals surface area contributed by atoms with E-state index in [9.17, 15) is 9.18 Å². The number of nitrogens with one attached hydrogen (secondary N) is 1. The Morgan fingerprint density at radius 3 is 2.45 bits per heavy atom. The fourth-order valence-corrected chi connectivity index (χ4v) is 4.47. The minimum absolute atomic E-state index is 0.0290. The van der Waals surface area contributed by atoms with Crippen LogP contribution in [0.1, 0.15) is 17.0 Å². The van der Waals surface area contributed by atoms with Crippen molar-refractivity contribution in [1.82, 2.24) is 19.6 Å². The number of hydrogen-bond acceptors (Lipinski definition) is 7. The zero-order valence-corrected chi connectivity index (χ0v) is 19.5. The summed E-state index contributed by atoms with van der Waals surface area (Å²) in [7, 11) is 1.63. The largest absolute Gasteiger partial charge is 0.497 e. The zero-order chi connectivity index (χ0) is 23.0. The topological polar surface area (TPSA) is 70.6 Å². The maximum atomic E-state index is 13.1. The van der Waals surface area contributed by atoms with Crippen molar-refractivity contribution in [3.8, 4) is 5.75 Å². The van der Waals surface area contributed by atoms with Gasteiger partial charge in [0.1, 0.15) is 17.4 Å². The Bertz CT molecular complexity index is 1030. The van der Waals surface area contributed by atoms with Gasteiger partial charge in [-0.05, 0) is 35.4 Å². The van der Waals surface area contributed by atoms with E-state index in [-0.39, 0.29) is 11.7 Å². The lowest BCUT2D eigenvalue weighted by molar-refractivity contribution is -0.120. The number of benzene rings is 2. The first-order valence-corrected chi connectivity index (χ1v) is 11.8. The van der Waals surface area contributed by atoms with Crippen molar-refractivity contribution in [2.75, 3.05) is 51.3 Å². The molecule has 3 aromatic rings. The van der Waals surface area contributed by atoms with Crippen LogP contribution in [0.15, 0.2) is 48.5 Å². The summed E-state index contributed by atoms with van der Waals surface area (Å²) >= 11 is 1.41. The fourth-order valence-electron chi connectivity index (χ4n) is 3.74. The van der Waals surface area contributed by atoms with E-state index in [0.29, 0.717) is 19.4 Å². The molecule has 0 aliphatic carbocycles. The Morgan fingerprint density at radius 1 is 1.06 bits per heavy atom. The van der Waals surface area contributed by atoms with Gasteiger partial charge >= 0.3 is 0 Å². The van der Waals surface area contributed by atoms with Gasteiger partial charge in [0.15, 0.2) is 0 Å². The maximum absolute atomic E-state index is 13.1. The molecule has 0 atom stereocenters. The molecule has 0 unspecified atom stereocenters. The molecule has 1 aromatic heterocycles. The van der Waals surface area contributed by atoms with Crippen LogP contribution in [0.4, 0.5) is 9.52 Å². The third kappa shape index (κ3) is 6.72. The molecule has 1 saturated heterocycles. The van der Waals surface area contributed by atoms with Crippen LogP contribution >= 0.6 is 11.5 Å². The SMILES string of the molecule is COc1ccc(CC(=O)NCCN2CCN(c3nc(Cc4ccc(F)cc4)ns3)CC2)cc1. The van der Waals surface area contributed by atoms with E-state index in [1.54, 1.807) is 19.2 Å². The first kappa shape index (κ1) is 23.1. The number of piperazine rings is 1. The Balaban J connectivity index is 1.16. The van der Waals surface area contributed by atoms with Gasteiger partial charge in [0.05, 0.1) is 13.5 Å². The third-order valence-corrected chi connectivity index (χ3v) is 6.46. The van der Waals surface area contributed by atoms with Crippen LogP contribution in [-0.2, 0) is 17.6 Å². The number of carbonyl (C=O) groups is 1. The molecule has 0 saturated carbocycles. The van der Waals surface area contributed by atoms with Crippen molar-refractivity contribution in [3.05, 3.63) is 71.3 Å². The highest BCUT2D eigenvalue weighted by Crippen LogP contribution is 2.20. The predicted octanol–water partition coefficient (Wildman–Crippen LogP) is 2.76. The van der Waals surface area contributed by atoms with Crippen molar-refractivity contribution < 1.29 is 13.9 Å². The normalized spacial score (nSPS) is 14.3. The molecule has 1 aliphatic rings. The lowest BCUT2D eigenvalue weighted by Gasteiger charge is -2.34. The minimum Gasteiger partial charge on any atom is -0.497 e. The van der Waals surface area contributed by atoms with E-state index >= 15 is 0 Å². The van der Waals surface area contributed by atoms with Crippen LogP contribution in [0.2, 0.25) is 0 Å². The minimum atomic E-state index is -0.236. The van der Waals surface area contributed by atoms with E-state index in [0.717, 1.165) is 60.6 Å². The second-order valence-corrected chi connectivity index (χ2v) is 8.73. The lowest BCUT2D eigenvalue weighted by Crippen LogP contribution is -2.48. The summed E-state index contributed by atoms with van der Waals surface area (Å²) in [6, 6.07) is 14.0. The molecule has 9 heteroatoms. The van der Waals surface area contributed by atoms with E-state index < -0.39 is 0 Å². The number of aromatic nitrogens is 2. The Kier molecular flexibility index (Phi) is 7.85. The summed E-state index contributed by atoms with van der Waals surface area (Å²) in [4.78, 5) is 21.5.